The molecule has 1 fully saturated rings. The van der Waals surface area contributed by atoms with Crippen LogP contribution < -0.4 is 16.0 Å². The maximum atomic E-state index is 13.6. The molecule has 0 bridgehead atoms. The predicted molar refractivity (Wildman–Crippen MR) is 151 cm³/mol. The van der Waals surface area contributed by atoms with Gasteiger partial charge < -0.3 is 25.7 Å². The van der Waals surface area contributed by atoms with Gasteiger partial charge in [0.05, 0.1) is 23.9 Å². The molecule has 3 aromatic rings. The normalized spacial score (nSPS) is 14.7. The number of nitrogens with zero attached hydrogens (tertiary/aromatic N) is 5. The minimum absolute atomic E-state index is 0.200. The van der Waals surface area contributed by atoms with Crippen molar-refractivity contribution in [1.29, 1.82) is 5.26 Å². The van der Waals surface area contributed by atoms with Crippen molar-refractivity contribution in [2.45, 2.75) is 51.6 Å². The number of carbonyl (C=O) groups is 1. The van der Waals surface area contributed by atoms with E-state index in [0.717, 1.165) is 36.8 Å². The van der Waals surface area contributed by atoms with Crippen LogP contribution in [0.3, 0.4) is 0 Å². The van der Waals surface area contributed by atoms with Crippen molar-refractivity contribution in [1.82, 2.24) is 19.9 Å². The lowest BCUT2D eigenvalue weighted by atomic mass is 9.81. The molecule has 10 heteroatoms. The zero-order valence-corrected chi connectivity index (χ0v) is 22.1. The van der Waals surface area contributed by atoms with Gasteiger partial charge in [0.15, 0.2) is 0 Å². The topological polar surface area (TPSA) is 140 Å². The Kier molecular flexibility index (Phi) is 9.29. The first-order valence-electron chi connectivity index (χ1n) is 13.1. The minimum Gasteiger partial charge on any atom is -0.411 e. The first-order chi connectivity index (χ1) is 19.0. The molecule has 1 saturated carbocycles. The van der Waals surface area contributed by atoms with Gasteiger partial charge in [0.25, 0.3) is 0 Å². The number of carbonyl (C=O) groups excluding carboxylic acids is 1. The third-order valence-corrected chi connectivity index (χ3v) is 6.86. The van der Waals surface area contributed by atoms with E-state index in [-0.39, 0.29) is 18.4 Å². The van der Waals surface area contributed by atoms with E-state index in [1.54, 1.807) is 25.1 Å². The summed E-state index contributed by atoms with van der Waals surface area (Å²) in [5, 5.41) is 30.7. The summed E-state index contributed by atoms with van der Waals surface area (Å²) in [6.07, 6.45) is 9.20. The van der Waals surface area contributed by atoms with E-state index < -0.39 is 6.04 Å². The molecule has 1 amide bonds. The molecule has 1 atom stereocenters. The molecule has 10 nitrogen and oxygen atoms in total. The zero-order chi connectivity index (χ0) is 27.6. The monoisotopic (exact) mass is 526 g/mol. The van der Waals surface area contributed by atoms with Crippen molar-refractivity contribution >= 4 is 23.4 Å². The number of anilines is 2. The third-order valence-electron chi connectivity index (χ3n) is 6.86. The Labute approximate surface area is 228 Å². The number of amides is 1. The lowest BCUT2D eigenvalue weighted by molar-refractivity contribution is -0.121. The number of nitrogens with one attached hydrogen (secondary N) is 3. The van der Waals surface area contributed by atoms with E-state index in [9.17, 15) is 4.79 Å². The van der Waals surface area contributed by atoms with Crippen LogP contribution >= 0.6 is 0 Å². The second-order valence-corrected chi connectivity index (χ2v) is 9.73. The molecule has 0 spiro atoms. The summed E-state index contributed by atoms with van der Waals surface area (Å²) in [4.78, 5) is 22.8. The highest BCUT2D eigenvalue weighted by atomic mass is 16.4. The minimum atomic E-state index is -0.701. The van der Waals surface area contributed by atoms with Gasteiger partial charge in [-0.05, 0) is 61.1 Å². The largest absolute Gasteiger partial charge is 0.411 e. The molecule has 4 N–H and O–H groups in total. The molecule has 0 aliphatic heterocycles. The maximum Gasteiger partial charge on any atom is 0.247 e. The Bertz CT molecular complexity index is 1340. The first kappa shape index (κ1) is 27.4. The second-order valence-electron chi connectivity index (χ2n) is 9.73. The van der Waals surface area contributed by atoms with Gasteiger partial charge in [0, 0.05) is 25.0 Å². The van der Waals surface area contributed by atoms with E-state index in [1.807, 2.05) is 41.2 Å². The van der Waals surface area contributed by atoms with Gasteiger partial charge in [0.1, 0.15) is 17.7 Å². The average molecular weight is 527 g/mol. The van der Waals surface area contributed by atoms with E-state index in [2.05, 4.69) is 43.7 Å². The lowest BCUT2D eigenvalue weighted by Crippen LogP contribution is -2.42. The number of oxime groups is 1. The van der Waals surface area contributed by atoms with Crippen molar-refractivity contribution < 1.29 is 10.0 Å². The highest BCUT2D eigenvalue weighted by Crippen LogP contribution is 2.31. The molecule has 0 unspecified atom stereocenters. The average Bonchev–Trinajstić information content (AvgIpc) is 3.53. The third kappa shape index (κ3) is 7.45. The maximum absolute atomic E-state index is 13.6. The van der Waals surface area contributed by atoms with E-state index in [1.165, 1.54) is 6.42 Å². The number of nitriles is 1. The SMILES string of the molecule is C=C(C1CCCCC1)[C@@H](Nc1cc(-n2cccc2)nc(NC/C(C)=N/O)n1)C(=O)NCc1ccc(C#N)cc1. The first-order valence-corrected chi connectivity index (χ1v) is 13.1. The number of benzene rings is 1. The molecular weight excluding hydrogens is 492 g/mol. The summed E-state index contributed by atoms with van der Waals surface area (Å²) in [7, 11) is 0. The van der Waals surface area contributed by atoms with Crippen LogP contribution in [0.25, 0.3) is 5.82 Å². The molecule has 1 aromatic carbocycles. The molecule has 4 rings (SSSR count). The molecule has 39 heavy (non-hydrogen) atoms. The smallest absolute Gasteiger partial charge is 0.247 e. The highest BCUT2D eigenvalue weighted by Gasteiger charge is 2.29. The predicted octanol–water partition coefficient (Wildman–Crippen LogP) is 4.63. The van der Waals surface area contributed by atoms with E-state index >= 15 is 0 Å². The molecular formula is C29H34N8O2. The number of hydrogen-bond donors (Lipinski definition) is 4. The second kappa shape index (κ2) is 13.2. The summed E-state index contributed by atoms with van der Waals surface area (Å²) in [6.45, 7) is 6.64. The summed E-state index contributed by atoms with van der Waals surface area (Å²) < 4.78 is 1.85. The fourth-order valence-corrected chi connectivity index (χ4v) is 4.62. The van der Waals surface area contributed by atoms with Gasteiger partial charge in [0.2, 0.25) is 11.9 Å². The molecule has 1 aliphatic carbocycles. The van der Waals surface area contributed by atoms with Crippen molar-refractivity contribution in [3.8, 4) is 11.9 Å². The zero-order valence-electron chi connectivity index (χ0n) is 22.1. The Balaban J connectivity index is 1.59. The van der Waals surface area contributed by atoms with Gasteiger partial charge in [-0.3, -0.25) is 4.79 Å². The summed E-state index contributed by atoms with van der Waals surface area (Å²) in [5.41, 5.74) is 2.78. The summed E-state index contributed by atoms with van der Waals surface area (Å²) in [5.74, 6) is 1.44. The molecule has 2 heterocycles. The number of aromatic nitrogens is 3. The number of rotatable bonds is 11. The molecule has 1 aliphatic rings. The van der Waals surface area contributed by atoms with Gasteiger partial charge in [-0.15, -0.1) is 0 Å². The molecule has 2 aromatic heterocycles. The summed E-state index contributed by atoms with van der Waals surface area (Å²) >= 11 is 0. The Morgan fingerprint density at radius 1 is 1.21 bits per heavy atom. The molecule has 202 valence electrons. The van der Waals surface area contributed by atoms with Crippen LogP contribution in [-0.2, 0) is 11.3 Å². The van der Waals surface area contributed by atoms with Crippen molar-refractivity contribution in [2.24, 2.45) is 11.1 Å². The van der Waals surface area contributed by atoms with Crippen LogP contribution in [0.4, 0.5) is 11.8 Å². The Hall–Kier alpha value is -4.65. The highest BCUT2D eigenvalue weighted by molar-refractivity contribution is 5.88. The van der Waals surface area contributed by atoms with Crippen LogP contribution in [0.1, 0.15) is 50.2 Å². The standard InChI is InChI=1S/C29H34N8O2/c1-20(36-39)18-32-29-34-25(16-26(35-29)37-14-6-7-15-37)33-27(21(2)24-8-4-3-5-9-24)28(38)31-19-23-12-10-22(17-30)11-13-23/h6-7,10-16,24,27,39H,2-5,8-9,18-19H2,1H3,(H,31,38)(H2,32,33,34,35)/b36-20+/t27-/m1/s1. The lowest BCUT2D eigenvalue weighted by Gasteiger charge is -2.29. The Morgan fingerprint density at radius 3 is 2.59 bits per heavy atom. The van der Waals surface area contributed by atoms with E-state index in [0.29, 0.717) is 35.4 Å². The Morgan fingerprint density at radius 2 is 1.92 bits per heavy atom. The fourth-order valence-electron chi connectivity index (χ4n) is 4.62. The van der Waals surface area contributed by atoms with Crippen molar-refractivity contribution in [3.05, 3.63) is 78.1 Å². The van der Waals surface area contributed by atoms with E-state index in [4.69, 9.17) is 10.5 Å². The summed E-state index contributed by atoms with van der Waals surface area (Å²) in [6, 6.07) is 14.1. The van der Waals surface area contributed by atoms with Crippen LogP contribution in [0, 0.1) is 17.2 Å². The van der Waals surface area contributed by atoms with Crippen LogP contribution in [0.15, 0.2) is 72.2 Å². The molecule has 0 saturated heterocycles. The quantitative estimate of drug-likeness (QED) is 0.124. The van der Waals surface area contributed by atoms with Crippen molar-refractivity contribution in [3.63, 3.8) is 0 Å². The fraction of sp³-hybridized carbons (Fsp3) is 0.345. The van der Waals surface area contributed by atoms with Gasteiger partial charge in [-0.1, -0.05) is 43.1 Å². The van der Waals surface area contributed by atoms with Crippen molar-refractivity contribution in [2.75, 3.05) is 17.2 Å². The molecule has 0 radical (unpaired) electrons. The van der Waals surface area contributed by atoms with Crippen LogP contribution in [-0.4, -0.2) is 43.9 Å². The van der Waals surface area contributed by atoms with Gasteiger partial charge >= 0.3 is 0 Å². The number of hydrogen-bond acceptors (Lipinski definition) is 8. The van der Waals surface area contributed by atoms with Crippen LogP contribution in [0.5, 0.6) is 0 Å². The van der Waals surface area contributed by atoms with Crippen LogP contribution in [0.2, 0.25) is 0 Å². The van der Waals surface area contributed by atoms with Gasteiger partial charge in [-0.25, -0.2) is 0 Å². The van der Waals surface area contributed by atoms with Gasteiger partial charge in [-0.2, -0.15) is 15.2 Å².